The van der Waals surface area contributed by atoms with Gasteiger partial charge in [0.15, 0.2) is 5.06 Å². The highest BCUT2D eigenvalue weighted by atomic mass is 32.1. The summed E-state index contributed by atoms with van der Waals surface area (Å²) < 4.78 is 0. The van der Waals surface area contributed by atoms with E-state index in [-0.39, 0.29) is 17.5 Å². The maximum Gasteiger partial charge on any atom is 0.171 e. The number of hydrogen-bond donors (Lipinski definition) is 2. The van der Waals surface area contributed by atoms with Crippen LogP contribution in [0.2, 0.25) is 0 Å². The summed E-state index contributed by atoms with van der Waals surface area (Å²) in [5.41, 5.74) is 6.42. The van der Waals surface area contributed by atoms with Gasteiger partial charge in [-0.15, -0.1) is 11.3 Å². The minimum absolute atomic E-state index is 0.244. The molecule has 3 nitrogen and oxygen atoms in total. The van der Waals surface area contributed by atoms with Gasteiger partial charge >= 0.3 is 0 Å². The summed E-state index contributed by atoms with van der Waals surface area (Å²) in [5, 5.41) is 19.3. The van der Waals surface area contributed by atoms with Crippen molar-refractivity contribution in [2.45, 2.75) is 12.5 Å². The maximum absolute atomic E-state index is 8.95. The first kappa shape index (κ1) is 8.05. The lowest BCUT2D eigenvalue weighted by Gasteiger charge is -2.01. The zero-order chi connectivity index (χ0) is 8.27. The fraction of sp³-hybridized carbons (Fsp3) is 0.286. The summed E-state index contributed by atoms with van der Waals surface area (Å²) in [7, 11) is 0. The predicted octanol–water partition coefficient (Wildman–Crippen LogP) is 1.37. The van der Waals surface area contributed by atoms with Crippen LogP contribution in [0, 0.1) is 11.3 Å². The third-order valence-electron chi connectivity index (χ3n) is 1.35. The van der Waals surface area contributed by atoms with Gasteiger partial charge in [0.1, 0.15) is 0 Å². The predicted molar refractivity (Wildman–Crippen MR) is 43.1 cm³/mol. The topological polar surface area (TPSA) is 70.0 Å². The monoisotopic (exact) mass is 168 g/mol. The molecule has 0 aliphatic heterocycles. The Morgan fingerprint density at radius 2 is 2.55 bits per heavy atom. The molecule has 58 valence electrons. The van der Waals surface area contributed by atoms with Gasteiger partial charge < -0.3 is 10.8 Å². The molecule has 1 aromatic rings. The van der Waals surface area contributed by atoms with Crippen LogP contribution in [0.3, 0.4) is 0 Å². The molecule has 11 heavy (non-hydrogen) atoms. The van der Waals surface area contributed by atoms with Crippen molar-refractivity contribution >= 4 is 11.3 Å². The van der Waals surface area contributed by atoms with Crippen molar-refractivity contribution < 1.29 is 5.11 Å². The Morgan fingerprint density at radius 1 is 1.82 bits per heavy atom. The smallest absolute Gasteiger partial charge is 0.171 e. The molecule has 1 unspecified atom stereocenters. The van der Waals surface area contributed by atoms with Crippen molar-refractivity contribution in [3.05, 3.63) is 17.0 Å². The first-order valence-corrected chi connectivity index (χ1v) is 4.02. The van der Waals surface area contributed by atoms with E-state index in [9.17, 15) is 0 Å². The number of rotatable bonds is 2. The molecule has 1 rings (SSSR count). The second kappa shape index (κ2) is 3.37. The normalized spacial score (nSPS) is 12.4. The molecule has 1 aromatic heterocycles. The zero-order valence-corrected chi connectivity index (χ0v) is 6.64. The molecular weight excluding hydrogens is 160 g/mol. The van der Waals surface area contributed by atoms with Crippen molar-refractivity contribution in [1.82, 2.24) is 0 Å². The van der Waals surface area contributed by atoms with Crippen molar-refractivity contribution in [3.8, 4) is 11.1 Å². The van der Waals surface area contributed by atoms with Crippen LogP contribution in [0.5, 0.6) is 5.06 Å². The molecule has 0 fully saturated rings. The molecule has 0 saturated carbocycles. The van der Waals surface area contributed by atoms with Gasteiger partial charge in [0.05, 0.1) is 12.5 Å². The van der Waals surface area contributed by atoms with Crippen LogP contribution in [0.1, 0.15) is 18.0 Å². The Kier molecular flexibility index (Phi) is 2.47. The largest absolute Gasteiger partial charge is 0.499 e. The second-order valence-electron chi connectivity index (χ2n) is 2.19. The Bertz CT molecular complexity index is 276. The van der Waals surface area contributed by atoms with Gasteiger partial charge in [0, 0.05) is 6.04 Å². The molecule has 0 saturated heterocycles. The molecule has 4 heteroatoms. The number of nitrogens with zero attached hydrogens (tertiary/aromatic N) is 1. The molecular formula is C7H8N2OS. The van der Waals surface area contributed by atoms with E-state index in [0.717, 1.165) is 5.56 Å². The highest BCUT2D eigenvalue weighted by Crippen LogP contribution is 2.25. The molecule has 0 aliphatic carbocycles. The van der Waals surface area contributed by atoms with Crippen molar-refractivity contribution in [2.24, 2.45) is 5.73 Å². The summed E-state index contributed by atoms with van der Waals surface area (Å²) in [5.74, 6) is 0. The van der Waals surface area contributed by atoms with Crippen LogP contribution >= 0.6 is 11.3 Å². The van der Waals surface area contributed by atoms with Gasteiger partial charge in [-0.3, -0.25) is 0 Å². The molecule has 1 atom stereocenters. The maximum atomic E-state index is 8.95. The molecule has 3 N–H and O–H groups in total. The minimum Gasteiger partial charge on any atom is -0.499 e. The quantitative estimate of drug-likeness (QED) is 0.700. The van der Waals surface area contributed by atoms with E-state index in [1.807, 2.05) is 6.07 Å². The Labute approximate surface area is 68.7 Å². The summed E-state index contributed by atoms with van der Waals surface area (Å²) in [6.07, 6.45) is 0.288. The molecule has 0 aliphatic rings. The lowest BCUT2D eigenvalue weighted by molar-refractivity contribution is 0.490. The second-order valence-corrected chi connectivity index (χ2v) is 3.08. The van der Waals surface area contributed by atoms with E-state index in [2.05, 4.69) is 0 Å². The first-order chi connectivity index (χ1) is 5.24. The SMILES string of the molecule is N#CCC(N)c1csc(O)c1. The molecule has 0 aromatic carbocycles. The Hall–Kier alpha value is -1.05. The van der Waals surface area contributed by atoms with Crippen LogP contribution in [0.4, 0.5) is 0 Å². The highest BCUT2D eigenvalue weighted by molar-refractivity contribution is 7.11. The van der Waals surface area contributed by atoms with Crippen LogP contribution in [0.15, 0.2) is 11.4 Å². The molecule has 0 spiro atoms. The fourth-order valence-corrected chi connectivity index (χ4v) is 1.45. The van der Waals surface area contributed by atoms with Crippen molar-refractivity contribution in [1.29, 1.82) is 5.26 Å². The molecule has 0 bridgehead atoms. The van der Waals surface area contributed by atoms with E-state index in [0.29, 0.717) is 0 Å². The summed E-state index contributed by atoms with van der Waals surface area (Å²) in [6.45, 7) is 0. The average molecular weight is 168 g/mol. The number of nitriles is 1. The molecule has 0 radical (unpaired) electrons. The summed E-state index contributed by atoms with van der Waals surface area (Å²) >= 11 is 1.22. The van der Waals surface area contributed by atoms with Gasteiger partial charge in [-0.25, -0.2) is 0 Å². The van der Waals surface area contributed by atoms with Gasteiger partial charge in [0.2, 0.25) is 0 Å². The third kappa shape index (κ3) is 1.93. The molecule has 0 amide bonds. The standard InChI is InChI=1S/C7H8N2OS/c8-2-1-6(9)5-3-7(10)11-4-5/h3-4,6,10H,1,9H2. The summed E-state index contributed by atoms with van der Waals surface area (Å²) in [6, 6.07) is 3.30. The number of nitrogens with two attached hydrogens (primary N) is 1. The number of aromatic hydroxyl groups is 1. The van der Waals surface area contributed by atoms with E-state index in [4.69, 9.17) is 16.1 Å². The Balaban J connectivity index is 2.70. The Morgan fingerprint density at radius 3 is 3.00 bits per heavy atom. The first-order valence-electron chi connectivity index (χ1n) is 3.14. The van der Waals surface area contributed by atoms with Gasteiger partial charge in [-0.1, -0.05) is 0 Å². The van der Waals surface area contributed by atoms with Crippen LogP contribution in [-0.4, -0.2) is 5.11 Å². The third-order valence-corrected chi connectivity index (χ3v) is 2.09. The summed E-state index contributed by atoms with van der Waals surface area (Å²) in [4.78, 5) is 0. The van der Waals surface area contributed by atoms with Crippen LogP contribution < -0.4 is 5.73 Å². The minimum atomic E-state index is -0.267. The zero-order valence-electron chi connectivity index (χ0n) is 5.82. The highest BCUT2D eigenvalue weighted by Gasteiger charge is 2.06. The van der Waals surface area contributed by atoms with Gasteiger partial charge in [-0.05, 0) is 17.0 Å². The average Bonchev–Trinajstić information content (AvgIpc) is 2.36. The lowest BCUT2D eigenvalue weighted by atomic mass is 10.1. The lowest BCUT2D eigenvalue weighted by Crippen LogP contribution is -2.07. The van der Waals surface area contributed by atoms with Gasteiger partial charge in [-0.2, -0.15) is 5.26 Å². The number of thiophene rings is 1. The van der Waals surface area contributed by atoms with Crippen molar-refractivity contribution in [3.63, 3.8) is 0 Å². The van der Waals surface area contributed by atoms with E-state index in [1.165, 1.54) is 11.3 Å². The fourth-order valence-electron chi connectivity index (χ4n) is 0.750. The van der Waals surface area contributed by atoms with E-state index < -0.39 is 0 Å². The van der Waals surface area contributed by atoms with Crippen LogP contribution in [0.25, 0.3) is 0 Å². The van der Waals surface area contributed by atoms with E-state index in [1.54, 1.807) is 11.4 Å². The van der Waals surface area contributed by atoms with E-state index >= 15 is 0 Å². The van der Waals surface area contributed by atoms with Gasteiger partial charge in [0.25, 0.3) is 0 Å². The van der Waals surface area contributed by atoms with Crippen LogP contribution in [-0.2, 0) is 0 Å². The van der Waals surface area contributed by atoms with Crippen molar-refractivity contribution in [2.75, 3.05) is 0 Å². The number of hydrogen-bond acceptors (Lipinski definition) is 4. The molecule has 1 heterocycles.